The molecule has 16 heavy (non-hydrogen) atoms. The highest BCUT2D eigenvalue weighted by atomic mass is 79.9. The lowest BCUT2D eigenvalue weighted by atomic mass is 9.94. The lowest BCUT2D eigenvalue weighted by molar-refractivity contribution is 0.422. The van der Waals surface area contributed by atoms with E-state index in [4.69, 9.17) is 11.6 Å². The molecule has 1 rings (SSSR count). The average Bonchev–Trinajstić information content (AvgIpc) is 2.29. The highest BCUT2D eigenvalue weighted by Crippen LogP contribution is 2.30. The van der Waals surface area contributed by atoms with E-state index in [1.165, 1.54) is 12.0 Å². The Labute approximate surface area is 112 Å². The molecule has 2 unspecified atom stereocenters. The predicted octanol–water partition coefficient (Wildman–Crippen LogP) is 4.80. The third-order valence-electron chi connectivity index (χ3n) is 3.02. The van der Waals surface area contributed by atoms with Gasteiger partial charge in [-0.1, -0.05) is 47.8 Å². The molecule has 1 aromatic rings. The SMILES string of the molecule is CCC(C)CC(NC)c1cc(Br)ccc1Cl. The van der Waals surface area contributed by atoms with Crippen molar-refractivity contribution < 1.29 is 0 Å². The van der Waals surface area contributed by atoms with Crippen LogP contribution in [0, 0.1) is 5.92 Å². The number of hydrogen-bond donors (Lipinski definition) is 1. The average molecular weight is 305 g/mol. The van der Waals surface area contributed by atoms with Crippen LogP contribution >= 0.6 is 27.5 Å². The molecule has 0 amide bonds. The quantitative estimate of drug-likeness (QED) is 0.824. The Morgan fingerprint density at radius 2 is 2.12 bits per heavy atom. The van der Waals surface area contributed by atoms with E-state index in [0.29, 0.717) is 12.0 Å². The van der Waals surface area contributed by atoms with E-state index in [1.54, 1.807) is 0 Å². The van der Waals surface area contributed by atoms with Crippen LogP contribution in [0.3, 0.4) is 0 Å². The van der Waals surface area contributed by atoms with Crippen molar-refractivity contribution in [3.63, 3.8) is 0 Å². The first-order valence-corrected chi connectivity index (χ1v) is 6.87. The summed E-state index contributed by atoms with van der Waals surface area (Å²) in [5, 5.41) is 4.19. The van der Waals surface area contributed by atoms with Crippen molar-refractivity contribution in [1.29, 1.82) is 0 Å². The van der Waals surface area contributed by atoms with Gasteiger partial charge in [0.15, 0.2) is 0 Å². The van der Waals surface area contributed by atoms with Gasteiger partial charge >= 0.3 is 0 Å². The molecule has 0 saturated carbocycles. The summed E-state index contributed by atoms with van der Waals surface area (Å²) in [5.41, 5.74) is 1.18. The first-order valence-electron chi connectivity index (χ1n) is 5.70. The lowest BCUT2D eigenvalue weighted by Gasteiger charge is -2.21. The molecule has 1 N–H and O–H groups in total. The summed E-state index contributed by atoms with van der Waals surface area (Å²) in [5.74, 6) is 0.701. The molecule has 1 aromatic carbocycles. The fraction of sp³-hybridized carbons (Fsp3) is 0.538. The minimum atomic E-state index is 0.333. The van der Waals surface area contributed by atoms with Gasteiger partial charge in [-0.2, -0.15) is 0 Å². The Kier molecular flexibility index (Phi) is 5.81. The van der Waals surface area contributed by atoms with Crippen LogP contribution in [0.5, 0.6) is 0 Å². The summed E-state index contributed by atoms with van der Waals surface area (Å²) < 4.78 is 1.08. The largest absolute Gasteiger partial charge is 0.313 e. The van der Waals surface area contributed by atoms with Crippen LogP contribution in [0.4, 0.5) is 0 Å². The van der Waals surface area contributed by atoms with Crippen molar-refractivity contribution in [1.82, 2.24) is 5.32 Å². The topological polar surface area (TPSA) is 12.0 Å². The molecule has 0 saturated heterocycles. The maximum Gasteiger partial charge on any atom is 0.0454 e. The highest BCUT2D eigenvalue weighted by molar-refractivity contribution is 9.10. The number of hydrogen-bond acceptors (Lipinski definition) is 1. The van der Waals surface area contributed by atoms with Gasteiger partial charge in [0.1, 0.15) is 0 Å². The van der Waals surface area contributed by atoms with E-state index in [1.807, 2.05) is 19.2 Å². The Hall–Kier alpha value is -0.0500. The van der Waals surface area contributed by atoms with Gasteiger partial charge in [0.05, 0.1) is 0 Å². The Balaban J connectivity index is 2.89. The zero-order valence-electron chi connectivity index (χ0n) is 10.1. The van der Waals surface area contributed by atoms with Crippen LogP contribution in [-0.2, 0) is 0 Å². The third-order valence-corrected chi connectivity index (χ3v) is 3.85. The van der Waals surface area contributed by atoms with Crippen molar-refractivity contribution in [3.8, 4) is 0 Å². The molecule has 0 radical (unpaired) electrons. The Morgan fingerprint density at radius 1 is 1.44 bits per heavy atom. The van der Waals surface area contributed by atoms with Gasteiger partial charge in [-0.25, -0.2) is 0 Å². The van der Waals surface area contributed by atoms with Crippen LogP contribution in [0.1, 0.15) is 38.3 Å². The van der Waals surface area contributed by atoms with Gasteiger partial charge in [0.25, 0.3) is 0 Å². The molecule has 0 aliphatic rings. The fourth-order valence-corrected chi connectivity index (χ4v) is 2.38. The number of rotatable bonds is 5. The zero-order chi connectivity index (χ0) is 12.1. The summed E-state index contributed by atoms with van der Waals surface area (Å²) in [6.45, 7) is 4.50. The molecule has 3 heteroatoms. The van der Waals surface area contributed by atoms with E-state index in [0.717, 1.165) is 15.9 Å². The van der Waals surface area contributed by atoms with Gasteiger partial charge in [0.2, 0.25) is 0 Å². The molecule has 0 spiro atoms. The van der Waals surface area contributed by atoms with E-state index < -0.39 is 0 Å². The van der Waals surface area contributed by atoms with Crippen LogP contribution in [0.15, 0.2) is 22.7 Å². The standard InChI is InChI=1S/C13H19BrClN/c1-4-9(2)7-13(16-3)11-8-10(14)5-6-12(11)15/h5-6,8-9,13,16H,4,7H2,1-3H3. The molecule has 0 aromatic heterocycles. The Bertz CT molecular complexity index is 341. The van der Waals surface area contributed by atoms with E-state index in [2.05, 4.69) is 41.2 Å². The second-order valence-electron chi connectivity index (χ2n) is 4.26. The number of benzene rings is 1. The fourth-order valence-electron chi connectivity index (χ4n) is 1.75. The first kappa shape index (κ1) is 14.0. The smallest absolute Gasteiger partial charge is 0.0454 e. The van der Waals surface area contributed by atoms with E-state index >= 15 is 0 Å². The lowest BCUT2D eigenvalue weighted by Crippen LogP contribution is -2.19. The third kappa shape index (κ3) is 3.76. The van der Waals surface area contributed by atoms with Gasteiger partial charge in [-0.05, 0) is 43.1 Å². The van der Waals surface area contributed by atoms with Crippen molar-refractivity contribution in [2.45, 2.75) is 32.7 Å². The molecular weight excluding hydrogens is 286 g/mol. The molecule has 0 fully saturated rings. The van der Waals surface area contributed by atoms with Gasteiger partial charge < -0.3 is 5.32 Å². The van der Waals surface area contributed by atoms with Crippen LogP contribution < -0.4 is 5.32 Å². The molecular formula is C13H19BrClN. The summed E-state index contributed by atoms with van der Waals surface area (Å²) in [7, 11) is 1.99. The van der Waals surface area contributed by atoms with Crippen molar-refractivity contribution in [2.24, 2.45) is 5.92 Å². The summed E-state index contributed by atoms with van der Waals surface area (Å²) in [6, 6.07) is 6.36. The van der Waals surface area contributed by atoms with Crippen molar-refractivity contribution in [3.05, 3.63) is 33.3 Å². The number of halogens is 2. The molecule has 90 valence electrons. The first-order chi connectivity index (χ1) is 7.58. The van der Waals surface area contributed by atoms with E-state index in [9.17, 15) is 0 Å². The molecule has 0 aliphatic carbocycles. The van der Waals surface area contributed by atoms with Crippen molar-refractivity contribution >= 4 is 27.5 Å². The van der Waals surface area contributed by atoms with Crippen LogP contribution in [0.25, 0.3) is 0 Å². The second-order valence-corrected chi connectivity index (χ2v) is 5.58. The zero-order valence-corrected chi connectivity index (χ0v) is 12.4. The maximum atomic E-state index is 6.24. The maximum absolute atomic E-state index is 6.24. The van der Waals surface area contributed by atoms with Gasteiger partial charge in [0, 0.05) is 15.5 Å². The minimum Gasteiger partial charge on any atom is -0.313 e. The van der Waals surface area contributed by atoms with E-state index in [-0.39, 0.29) is 0 Å². The molecule has 2 atom stereocenters. The monoisotopic (exact) mass is 303 g/mol. The summed E-state index contributed by atoms with van der Waals surface area (Å²) >= 11 is 9.73. The number of nitrogens with one attached hydrogen (secondary N) is 1. The second kappa shape index (κ2) is 6.63. The van der Waals surface area contributed by atoms with Gasteiger partial charge in [-0.3, -0.25) is 0 Å². The Morgan fingerprint density at radius 3 is 2.69 bits per heavy atom. The molecule has 1 nitrogen and oxygen atoms in total. The van der Waals surface area contributed by atoms with Gasteiger partial charge in [-0.15, -0.1) is 0 Å². The minimum absolute atomic E-state index is 0.333. The molecule has 0 bridgehead atoms. The summed E-state index contributed by atoms with van der Waals surface area (Å²) in [4.78, 5) is 0. The highest BCUT2D eigenvalue weighted by Gasteiger charge is 2.15. The predicted molar refractivity (Wildman–Crippen MR) is 75.0 cm³/mol. The van der Waals surface area contributed by atoms with Crippen molar-refractivity contribution in [2.75, 3.05) is 7.05 Å². The van der Waals surface area contributed by atoms with Crippen LogP contribution in [-0.4, -0.2) is 7.05 Å². The van der Waals surface area contributed by atoms with Crippen LogP contribution in [0.2, 0.25) is 5.02 Å². The molecule has 0 heterocycles. The normalized spacial score (nSPS) is 14.8. The summed E-state index contributed by atoms with van der Waals surface area (Å²) in [6.07, 6.45) is 2.31. The molecule has 0 aliphatic heterocycles.